The van der Waals surface area contributed by atoms with Crippen molar-refractivity contribution in [2.75, 3.05) is 0 Å². The van der Waals surface area contributed by atoms with E-state index < -0.39 is 5.91 Å². The van der Waals surface area contributed by atoms with Crippen LogP contribution in [-0.2, 0) is 0 Å². The Labute approximate surface area is 69.4 Å². The monoisotopic (exact) mass is 166 g/mol. The van der Waals surface area contributed by atoms with E-state index in [9.17, 15) is 9.59 Å². The third-order valence-electron chi connectivity index (χ3n) is 1.60. The number of hydrogen-bond donors (Lipinski definition) is 2. The molecule has 12 heavy (non-hydrogen) atoms. The molecule has 0 aliphatic heterocycles. The lowest BCUT2D eigenvalue weighted by Crippen LogP contribution is -2.23. The Hall–Kier alpha value is -1.58. The summed E-state index contributed by atoms with van der Waals surface area (Å²) in [5, 5.41) is 0. The van der Waals surface area contributed by atoms with Crippen molar-refractivity contribution in [3.05, 3.63) is 33.2 Å². The van der Waals surface area contributed by atoms with Crippen LogP contribution in [0.2, 0.25) is 0 Å². The van der Waals surface area contributed by atoms with Gasteiger partial charge in [-0.15, -0.1) is 0 Å². The Balaban J connectivity index is 3.49. The summed E-state index contributed by atoms with van der Waals surface area (Å²) in [6.07, 6.45) is 0. The fourth-order valence-corrected chi connectivity index (χ4v) is 1.15. The predicted octanol–water partition coefficient (Wildman–Crippen LogP) is 0.0906. The quantitative estimate of drug-likeness (QED) is 0.620. The lowest BCUT2D eigenvalue weighted by atomic mass is 10.1. The standard InChI is InChI=1S/C8H10N2O2/c1-4-3-6(11)7(8(9)12)5(2)10-4/h3H,1-2H3,(H2,9,12)(H,10,11). The van der Waals surface area contributed by atoms with Gasteiger partial charge in [0.25, 0.3) is 5.91 Å². The van der Waals surface area contributed by atoms with E-state index >= 15 is 0 Å². The summed E-state index contributed by atoms with van der Waals surface area (Å²) in [5.41, 5.74) is 5.97. The zero-order chi connectivity index (χ0) is 9.30. The van der Waals surface area contributed by atoms with Gasteiger partial charge in [0.1, 0.15) is 5.56 Å². The van der Waals surface area contributed by atoms with Crippen LogP contribution in [0.5, 0.6) is 0 Å². The summed E-state index contributed by atoms with van der Waals surface area (Å²) < 4.78 is 0. The van der Waals surface area contributed by atoms with Gasteiger partial charge in [-0.05, 0) is 13.8 Å². The number of carbonyl (C=O) groups excluding carboxylic acids is 1. The van der Waals surface area contributed by atoms with Crippen LogP contribution in [0.1, 0.15) is 21.7 Å². The minimum atomic E-state index is -0.686. The molecular weight excluding hydrogens is 156 g/mol. The fraction of sp³-hybridized carbons (Fsp3) is 0.250. The van der Waals surface area contributed by atoms with Crippen LogP contribution in [0.25, 0.3) is 0 Å². The second-order valence-corrected chi connectivity index (χ2v) is 2.68. The topological polar surface area (TPSA) is 76.0 Å². The average Bonchev–Trinajstić information content (AvgIpc) is 1.82. The lowest BCUT2D eigenvalue weighted by Gasteiger charge is -2.01. The number of H-pyrrole nitrogens is 1. The number of nitrogens with two attached hydrogens (primary N) is 1. The Bertz CT molecular complexity index is 379. The van der Waals surface area contributed by atoms with Gasteiger partial charge in [0.2, 0.25) is 0 Å². The summed E-state index contributed by atoms with van der Waals surface area (Å²) in [6, 6.07) is 1.35. The Morgan fingerprint density at radius 3 is 2.50 bits per heavy atom. The Kier molecular flexibility index (Phi) is 1.99. The maximum absolute atomic E-state index is 11.2. The maximum atomic E-state index is 11.2. The first kappa shape index (κ1) is 8.52. The summed E-state index contributed by atoms with van der Waals surface area (Å²) in [7, 11) is 0. The number of hydrogen-bond acceptors (Lipinski definition) is 2. The van der Waals surface area contributed by atoms with E-state index in [4.69, 9.17) is 5.73 Å². The van der Waals surface area contributed by atoms with Gasteiger partial charge in [0, 0.05) is 17.5 Å². The van der Waals surface area contributed by atoms with Crippen molar-refractivity contribution in [2.24, 2.45) is 5.73 Å². The van der Waals surface area contributed by atoms with Gasteiger partial charge in [0.15, 0.2) is 5.43 Å². The third-order valence-corrected chi connectivity index (χ3v) is 1.60. The Morgan fingerprint density at radius 1 is 1.50 bits per heavy atom. The fourth-order valence-electron chi connectivity index (χ4n) is 1.15. The molecule has 1 rings (SSSR count). The first-order valence-corrected chi connectivity index (χ1v) is 3.52. The molecule has 0 aliphatic carbocycles. The van der Waals surface area contributed by atoms with E-state index in [-0.39, 0.29) is 11.0 Å². The molecule has 0 aromatic carbocycles. The van der Waals surface area contributed by atoms with E-state index in [0.717, 1.165) is 5.69 Å². The average molecular weight is 166 g/mol. The molecule has 4 nitrogen and oxygen atoms in total. The highest BCUT2D eigenvalue weighted by molar-refractivity contribution is 5.93. The summed E-state index contributed by atoms with van der Waals surface area (Å²) in [5.74, 6) is -0.686. The molecule has 0 radical (unpaired) electrons. The molecular formula is C8H10N2O2. The lowest BCUT2D eigenvalue weighted by molar-refractivity contribution is 0.0998. The van der Waals surface area contributed by atoms with Crippen LogP contribution in [0.3, 0.4) is 0 Å². The largest absolute Gasteiger partial charge is 0.365 e. The minimum Gasteiger partial charge on any atom is -0.365 e. The normalized spacial score (nSPS) is 9.83. The van der Waals surface area contributed by atoms with Crippen LogP contribution in [0, 0.1) is 13.8 Å². The highest BCUT2D eigenvalue weighted by Gasteiger charge is 2.09. The number of rotatable bonds is 1. The molecule has 0 fully saturated rings. The second-order valence-electron chi connectivity index (χ2n) is 2.68. The molecule has 0 saturated carbocycles. The number of aromatic nitrogens is 1. The molecule has 0 spiro atoms. The number of pyridine rings is 1. The van der Waals surface area contributed by atoms with Gasteiger partial charge in [-0.1, -0.05) is 0 Å². The molecule has 0 saturated heterocycles. The maximum Gasteiger partial charge on any atom is 0.254 e. The first-order valence-electron chi connectivity index (χ1n) is 3.52. The molecule has 0 atom stereocenters. The molecule has 1 heterocycles. The highest BCUT2D eigenvalue weighted by Crippen LogP contribution is 1.98. The molecule has 0 bridgehead atoms. The van der Waals surface area contributed by atoms with Gasteiger partial charge in [-0.2, -0.15) is 0 Å². The smallest absolute Gasteiger partial charge is 0.254 e. The highest BCUT2D eigenvalue weighted by atomic mass is 16.2. The number of carbonyl (C=O) groups is 1. The van der Waals surface area contributed by atoms with Crippen molar-refractivity contribution in [3.63, 3.8) is 0 Å². The molecule has 1 aromatic rings. The second kappa shape index (κ2) is 2.81. The summed E-state index contributed by atoms with van der Waals surface area (Å²) in [6.45, 7) is 3.40. The number of nitrogens with one attached hydrogen (secondary N) is 1. The third kappa shape index (κ3) is 1.37. The molecule has 1 amide bonds. The van der Waals surface area contributed by atoms with E-state index in [1.165, 1.54) is 6.07 Å². The van der Waals surface area contributed by atoms with Crippen LogP contribution in [-0.4, -0.2) is 10.9 Å². The van der Waals surface area contributed by atoms with Crippen LogP contribution in [0.15, 0.2) is 10.9 Å². The van der Waals surface area contributed by atoms with Gasteiger partial charge in [-0.25, -0.2) is 0 Å². The van der Waals surface area contributed by atoms with Crippen molar-refractivity contribution >= 4 is 5.91 Å². The van der Waals surface area contributed by atoms with Gasteiger partial charge >= 0.3 is 0 Å². The number of primary amides is 1. The molecule has 3 N–H and O–H groups in total. The van der Waals surface area contributed by atoms with E-state index in [2.05, 4.69) is 4.98 Å². The molecule has 0 unspecified atom stereocenters. The van der Waals surface area contributed by atoms with E-state index in [1.807, 2.05) is 0 Å². The first-order chi connectivity index (χ1) is 5.52. The number of aryl methyl sites for hydroxylation is 2. The number of amides is 1. The molecule has 64 valence electrons. The molecule has 1 aromatic heterocycles. The van der Waals surface area contributed by atoms with Crippen molar-refractivity contribution < 1.29 is 4.79 Å². The van der Waals surface area contributed by atoms with Crippen LogP contribution >= 0.6 is 0 Å². The van der Waals surface area contributed by atoms with Crippen molar-refractivity contribution in [1.82, 2.24) is 4.98 Å². The minimum absolute atomic E-state index is 0.0422. The predicted molar refractivity (Wildman–Crippen MR) is 45.1 cm³/mol. The van der Waals surface area contributed by atoms with Crippen molar-refractivity contribution in [3.8, 4) is 0 Å². The van der Waals surface area contributed by atoms with Crippen molar-refractivity contribution in [1.29, 1.82) is 0 Å². The zero-order valence-corrected chi connectivity index (χ0v) is 6.97. The van der Waals surface area contributed by atoms with E-state index in [0.29, 0.717) is 5.69 Å². The number of aromatic amines is 1. The van der Waals surface area contributed by atoms with Crippen LogP contribution < -0.4 is 11.2 Å². The summed E-state index contributed by atoms with van der Waals surface area (Å²) in [4.78, 5) is 24.8. The van der Waals surface area contributed by atoms with Gasteiger partial charge in [0.05, 0.1) is 0 Å². The Morgan fingerprint density at radius 2 is 2.08 bits per heavy atom. The van der Waals surface area contributed by atoms with Crippen LogP contribution in [0.4, 0.5) is 0 Å². The molecule has 0 aliphatic rings. The zero-order valence-electron chi connectivity index (χ0n) is 6.97. The van der Waals surface area contributed by atoms with Gasteiger partial charge < -0.3 is 10.7 Å². The molecule has 4 heteroatoms. The van der Waals surface area contributed by atoms with Gasteiger partial charge in [-0.3, -0.25) is 9.59 Å². The SMILES string of the molecule is Cc1cc(=O)c(C(N)=O)c(C)[nH]1. The van der Waals surface area contributed by atoms with Crippen molar-refractivity contribution in [2.45, 2.75) is 13.8 Å². The summed E-state index contributed by atoms with van der Waals surface area (Å²) >= 11 is 0. The van der Waals surface area contributed by atoms with E-state index in [1.54, 1.807) is 13.8 Å².